The highest BCUT2D eigenvalue weighted by molar-refractivity contribution is 4.80. The quantitative estimate of drug-likeness (QED) is 0.711. The lowest BCUT2D eigenvalue weighted by Crippen LogP contribution is -2.31. The SMILES string of the molecule is CC(CCCC(F)(F)F)NCC(C)C1CC1. The molecular weight excluding hydrogens is 215 g/mol. The second-order valence-electron chi connectivity index (χ2n) is 5.13. The smallest absolute Gasteiger partial charge is 0.314 e. The minimum absolute atomic E-state index is 0.198. The molecule has 1 saturated carbocycles. The largest absolute Gasteiger partial charge is 0.389 e. The fraction of sp³-hybridized carbons (Fsp3) is 1.00. The van der Waals surface area contributed by atoms with Gasteiger partial charge in [-0.25, -0.2) is 0 Å². The Hall–Kier alpha value is -0.250. The Morgan fingerprint density at radius 3 is 2.38 bits per heavy atom. The van der Waals surface area contributed by atoms with Gasteiger partial charge in [0.25, 0.3) is 0 Å². The first-order chi connectivity index (χ1) is 7.38. The van der Waals surface area contributed by atoms with Crippen LogP contribution in [0.1, 0.15) is 46.0 Å². The molecule has 0 amide bonds. The van der Waals surface area contributed by atoms with Crippen LogP contribution in [0.4, 0.5) is 13.2 Å². The Labute approximate surface area is 95.8 Å². The number of alkyl halides is 3. The fourth-order valence-corrected chi connectivity index (χ4v) is 1.93. The summed E-state index contributed by atoms with van der Waals surface area (Å²) in [5.74, 6) is 1.53. The molecule has 0 heterocycles. The van der Waals surface area contributed by atoms with Gasteiger partial charge in [-0.2, -0.15) is 13.2 Å². The first-order valence-corrected chi connectivity index (χ1v) is 6.18. The number of hydrogen-bond acceptors (Lipinski definition) is 1. The third kappa shape index (κ3) is 6.36. The average molecular weight is 237 g/mol. The molecule has 2 atom stereocenters. The first-order valence-electron chi connectivity index (χ1n) is 6.18. The molecule has 1 aliphatic carbocycles. The van der Waals surface area contributed by atoms with Crippen molar-refractivity contribution in [1.29, 1.82) is 0 Å². The summed E-state index contributed by atoms with van der Waals surface area (Å²) in [6.45, 7) is 5.13. The minimum atomic E-state index is -4.00. The van der Waals surface area contributed by atoms with Crippen molar-refractivity contribution < 1.29 is 13.2 Å². The number of halogens is 3. The Morgan fingerprint density at radius 2 is 1.88 bits per heavy atom. The molecule has 16 heavy (non-hydrogen) atoms. The molecule has 0 aromatic heterocycles. The molecule has 1 fully saturated rings. The Kier molecular flexibility index (Phi) is 5.09. The highest BCUT2D eigenvalue weighted by atomic mass is 19.4. The zero-order valence-electron chi connectivity index (χ0n) is 10.1. The van der Waals surface area contributed by atoms with E-state index in [9.17, 15) is 13.2 Å². The van der Waals surface area contributed by atoms with Crippen LogP contribution >= 0.6 is 0 Å². The van der Waals surface area contributed by atoms with Crippen molar-refractivity contribution in [2.75, 3.05) is 6.54 Å². The molecule has 96 valence electrons. The topological polar surface area (TPSA) is 12.0 Å². The van der Waals surface area contributed by atoms with Gasteiger partial charge in [-0.15, -0.1) is 0 Å². The van der Waals surface area contributed by atoms with Gasteiger partial charge in [0, 0.05) is 12.5 Å². The van der Waals surface area contributed by atoms with Crippen LogP contribution in [0.2, 0.25) is 0 Å². The zero-order chi connectivity index (χ0) is 12.2. The second kappa shape index (κ2) is 5.89. The minimum Gasteiger partial charge on any atom is -0.314 e. The molecule has 0 bridgehead atoms. The molecule has 1 nitrogen and oxygen atoms in total. The summed E-state index contributed by atoms with van der Waals surface area (Å²) in [5.41, 5.74) is 0. The van der Waals surface area contributed by atoms with Gasteiger partial charge in [0.05, 0.1) is 0 Å². The number of nitrogens with one attached hydrogen (secondary N) is 1. The Bertz CT molecular complexity index is 199. The molecule has 2 unspecified atom stereocenters. The summed E-state index contributed by atoms with van der Waals surface area (Å²) in [4.78, 5) is 0. The van der Waals surface area contributed by atoms with Crippen molar-refractivity contribution in [3.63, 3.8) is 0 Å². The van der Waals surface area contributed by atoms with Crippen molar-refractivity contribution in [1.82, 2.24) is 5.32 Å². The highest BCUT2D eigenvalue weighted by Gasteiger charge is 2.28. The van der Waals surface area contributed by atoms with Crippen molar-refractivity contribution in [2.24, 2.45) is 11.8 Å². The van der Waals surface area contributed by atoms with Crippen molar-refractivity contribution in [3.8, 4) is 0 Å². The average Bonchev–Trinajstić information content (AvgIpc) is 2.95. The third-order valence-corrected chi connectivity index (χ3v) is 3.31. The van der Waals surface area contributed by atoms with Crippen LogP contribution in [-0.4, -0.2) is 18.8 Å². The van der Waals surface area contributed by atoms with E-state index >= 15 is 0 Å². The van der Waals surface area contributed by atoms with Gasteiger partial charge < -0.3 is 5.32 Å². The fourth-order valence-electron chi connectivity index (χ4n) is 1.93. The van der Waals surface area contributed by atoms with Crippen LogP contribution in [0.15, 0.2) is 0 Å². The number of hydrogen-bond donors (Lipinski definition) is 1. The van der Waals surface area contributed by atoms with E-state index in [4.69, 9.17) is 0 Å². The van der Waals surface area contributed by atoms with E-state index in [0.717, 1.165) is 12.5 Å². The van der Waals surface area contributed by atoms with E-state index in [-0.39, 0.29) is 12.5 Å². The molecule has 1 N–H and O–H groups in total. The van der Waals surface area contributed by atoms with Crippen molar-refractivity contribution in [3.05, 3.63) is 0 Å². The predicted octanol–water partition coefficient (Wildman–Crippen LogP) is 3.74. The monoisotopic (exact) mass is 237 g/mol. The lowest BCUT2D eigenvalue weighted by Gasteiger charge is -2.17. The van der Waals surface area contributed by atoms with Gasteiger partial charge in [-0.05, 0) is 51.0 Å². The summed E-state index contributed by atoms with van der Waals surface area (Å²) in [7, 11) is 0. The standard InChI is InChI=1S/C12H22F3N/c1-9(11-5-6-11)8-16-10(2)4-3-7-12(13,14)15/h9-11,16H,3-8H2,1-2H3. The maximum Gasteiger partial charge on any atom is 0.389 e. The van der Waals surface area contributed by atoms with Crippen molar-refractivity contribution >= 4 is 0 Å². The van der Waals surface area contributed by atoms with Crippen LogP contribution < -0.4 is 5.32 Å². The number of rotatable bonds is 7. The van der Waals surface area contributed by atoms with E-state index in [1.807, 2.05) is 6.92 Å². The maximum atomic E-state index is 11.9. The molecule has 0 aromatic rings. The normalized spacial score (nSPS) is 20.8. The summed E-state index contributed by atoms with van der Waals surface area (Å²) in [5, 5.41) is 3.32. The molecule has 0 aromatic carbocycles. The zero-order valence-corrected chi connectivity index (χ0v) is 10.1. The van der Waals surface area contributed by atoms with Crippen LogP contribution in [0.5, 0.6) is 0 Å². The molecular formula is C12H22F3N. The molecule has 0 spiro atoms. The van der Waals surface area contributed by atoms with Gasteiger partial charge >= 0.3 is 6.18 Å². The molecule has 0 aliphatic heterocycles. The summed E-state index contributed by atoms with van der Waals surface area (Å²) in [6.07, 6.45) is -1.17. The van der Waals surface area contributed by atoms with Crippen LogP contribution in [0, 0.1) is 11.8 Å². The summed E-state index contributed by atoms with van der Waals surface area (Å²) < 4.78 is 35.7. The van der Waals surface area contributed by atoms with E-state index in [2.05, 4.69) is 12.2 Å². The van der Waals surface area contributed by atoms with Gasteiger partial charge in [0.1, 0.15) is 0 Å². The molecule has 4 heteroatoms. The summed E-state index contributed by atoms with van der Waals surface area (Å²) in [6, 6.07) is 0.198. The predicted molar refractivity (Wildman–Crippen MR) is 59.3 cm³/mol. The van der Waals surface area contributed by atoms with E-state index in [1.54, 1.807) is 0 Å². The second-order valence-corrected chi connectivity index (χ2v) is 5.13. The van der Waals surface area contributed by atoms with Gasteiger partial charge in [0.15, 0.2) is 0 Å². The third-order valence-electron chi connectivity index (χ3n) is 3.31. The summed E-state index contributed by atoms with van der Waals surface area (Å²) >= 11 is 0. The van der Waals surface area contributed by atoms with E-state index < -0.39 is 12.6 Å². The lowest BCUT2D eigenvalue weighted by molar-refractivity contribution is -0.135. The van der Waals surface area contributed by atoms with E-state index in [0.29, 0.717) is 12.3 Å². The molecule has 0 radical (unpaired) electrons. The van der Waals surface area contributed by atoms with Gasteiger partial charge in [-0.1, -0.05) is 6.92 Å². The molecule has 1 rings (SSSR count). The Balaban J connectivity index is 1.99. The van der Waals surface area contributed by atoms with Crippen LogP contribution in [0.25, 0.3) is 0 Å². The van der Waals surface area contributed by atoms with Crippen LogP contribution in [-0.2, 0) is 0 Å². The Morgan fingerprint density at radius 1 is 1.25 bits per heavy atom. The van der Waals surface area contributed by atoms with Gasteiger partial charge in [-0.3, -0.25) is 0 Å². The van der Waals surface area contributed by atoms with Crippen molar-refractivity contribution in [2.45, 2.75) is 58.2 Å². The van der Waals surface area contributed by atoms with Crippen LogP contribution in [0.3, 0.4) is 0 Å². The lowest BCUT2D eigenvalue weighted by atomic mass is 10.1. The first kappa shape index (κ1) is 13.8. The van der Waals surface area contributed by atoms with E-state index in [1.165, 1.54) is 12.8 Å². The highest BCUT2D eigenvalue weighted by Crippen LogP contribution is 2.36. The molecule has 1 aliphatic rings. The van der Waals surface area contributed by atoms with Gasteiger partial charge in [0.2, 0.25) is 0 Å². The molecule has 0 saturated heterocycles. The maximum absolute atomic E-state index is 11.9.